The summed E-state index contributed by atoms with van der Waals surface area (Å²) in [6, 6.07) is 1.51. The van der Waals surface area contributed by atoms with Crippen LogP contribution in [0, 0.1) is 12.3 Å². The van der Waals surface area contributed by atoms with E-state index in [0.29, 0.717) is 21.4 Å². The minimum absolute atomic E-state index is 0.0461. The number of aromatic amines is 1. The number of nitrogens with zero attached hydrogens (tertiary/aromatic N) is 3. The average molecular weight is 306 g/mol. The van der Waals surface area contributed by atoms with Gasteiger partial charge in [-0.3, -0.25) is 14.9 Å². The van der Waals surface area contributed by atoms with Gasteiger partial charge in [-0.2, -0.15) is 5.10 Å². The van der Waals surface area contributed by atoms with Crippen LogP contribution >= 0.6 is 11.8 Å². The molecule has 0 aliphatic carbocycles. The molecule has 0 saturated carbocycles. The monoisotopic (exact) mass is 306 g/mol. The van der Waals surface area contributed by atoms with Crippen LogP contribution in [-0.2, 0) is 13.5 Å². The molecule has 0 bridgehead atoms. The fraction of sp³-hybridized carbons (Fsp3) is 0.385. The van der Waals surface area contributed by atoms with Crippen LogP contribution in [0.1, 0.15) is 30.3 Å². The van der Waals surface area contributed by atoms with Crippen LogP contribution < -0.4 is 11.3 Å². The van der Waals surface area contributed by atoms with Crippen molar-refractivity contribution < 1.29 is 0 Å². The number of hydrogen-bond donors (Lipinski definition) is 3. The molecule has 2 rings (SSSR count). The number of hydrogen-bond acceptors (Lipinski definition) is 5. The van der Waals surface area contributed by atoms with Crippen molar-refractivity contribution in [1.82, 2.24) is 19.7 Å². The van der Waals surface area contributed by atoms with E-state index in [0.717, 1.165) is 18.5 Å². The number of nitrogens with two attached hydrogens (primary N) is 1. The number of aromatic nitrogens is 4. The lowest BCUT2D eigenvalue weighted by atomic mass is 10.2. The zero-order valence-electron chi connectivity index (χ0n) is 12.2. The summed E-state index contributed by atoms with van der Waals surface area (Å²) in [7, 11) is 1.77. The first kappa shape index (κ1) is 15.3. The molecule has 8 heteroatoms. The predicted octanol–water partition coefficient (Wildman–Crippen LogP) is 1.20. The lowest BCUT2D eigenvalue weighted by Crippen LogP contribution is -2.14. The molecular formula is C13H18N6OS. The smallest absolute Gasteiger partial charge is 0.251 e. The van der Waals surface area contributed by atoms with Crippen LogP contribution in [0.15, 0.2) is 21.0 Å². The van der Waals surface area contributed by atoms with Gasteiger partial charge in [0.05, 0.1) is 11.3 Å². The molecule has 4 N–H and O–H groups in total. The normalized spacial score (nSPS) is 10.8. The number of aryl methyl sites for hydroxylation is 3. The molecule has 0 fully saturated rings. The van der Waals surface area contributed by atoms with Crippen LogP contribution in [0.5, 0.6) is 0 Å². The second-order valence-corrected chi connectivity index (χ2v) is 5.67. The number of nitrogens with one attached hydrogen (secondary N) is 2. The second kappa shape index (κ2) is 6.13. The Kier molecular flexibility index (Phi) is 4.46. The van der Waals surface area contributed by atoms with Crippen LogP contribution in [0.4, 0.5) is 0 Å². The minimum atomic E-state index is -0.181. The fourth-order valence-electron chi connectivity index (χ4n) is 2.07. The number of rotatable bonds is 5. The molecule has 0 spiro atoms. The van der Waals surface area contributed by atoms with E-state index in [1.54, 1.807) is 18.7 Å². The van der Waals surface area contributed by atoms with Gasteiger partial charge in [0, 0.05) is 18.8 Å². The molecule has 21 heavy (non-hydrogen) atoms. The van der Waals surface area contributed by atoms with Gasteiger partial charge in [0.15, 0.2) is 5.16 Å². The first-order valence-corrected chi connectivity index (χ1v) is 7.40. The van der Waals surface area contributed by atoms with Crippen LogP contribution in [0.2, 0.25) is 0 Å². The Labute approximate surface area is 126 Å². The number of H-pyrrole nitrogens is 1. The van der Waals surface area contributed by atoms with Crippen molar-refractivity contribution in [3.05, 3.63) is 33.4 Å². The van der Waals surface area contributed by atoms with Crippen molar-refractivity contribution in [3.63, 3.8) is 0 Å². The lowest BCUT2D eigenvalue weighted by Gasteiger charge is -2.06. The first-order valence-electron chi connectivity index (χ1n) is 6.58. The van der Waals surface area contributed by atoms with E-state index in [9.17, 15) is 4.79 Å². The predicted molar refractivity (Wildman–Crippen MR) is 81.9 cm³/mol. The van der Waals surface area contributed by atoms with Crippen molar-refractivity contribution in [2.75, 3.05) is 0 Å². The molecule has 7 nitrogen and oxygen atoms in total. The highest BCUT2D eigenvalue weighted by molar-refractivity contribution is 7.99. The fourth-order valence-corrected chi connectivity index (χ4v) is 3.10. The summed E-state index contributed by atoms with van der Waals surface area (Å²) in [5.74, 6) is -0.0461. The zero-order chi connectivity index (χ0) is 15.6. The third-order valence-electron chi connectivity index (χ3n) is 2.91. The Morgan fingerprint density at radius 3 is 2.90 bits per heavy atom. The Hall–Kier alpha value is -2.09. The van der Waals surface area contributed by atoms with E-state index in [1.165, 1.54) is 17.8 Å². The molecule has 2 heterocycles. The van der Waals surface area contributed by atoms with E-state index in [-0.39, 0.29) is 11.4 Å². The molecule has 0 radical (unpaired) electrons. The highest BCUT2D eigenvalue weighted by Crippen LogP contribution is 2.28. The van der Waals surface area contributed by atoms with Crippen molar-refractivity contribution in [2.45, 2.75) is 36.9 Å². The molecule has 112 valence electrons. The first-order chi connectivity index (χ1) is 9.92. The molecule has 0 unspecified atom stereocenters. The Bertz CT molecular complexity index is 733. The Balaban J connectivity index is 2.43. The third kappa shape index (κ3) is 3.33. The van der Waals surface area contributed by atoms with Crippen molar-refractivity contribution >= 4 is 17.6 Å². The largest absolute Gasteiger partial charge is 0.384 e. The van der Waals surface area contributed by atoms with Gasteiger partial charge < -0.3 is 10.7 Å². The summed E-state index contributed by atoms with van der Waals surface area (Å²) < 4.78 is 1.64. The van der Waals surface area contributed by atoms with E-state index in [2.05, 4.69) is 15.1 Å². The molecule has 2 aromatic rings. The standard InChI is InChI=1S/C13H18N6OS/c1-4-5-8-6-9(20)17-13(16-8)21-12-10(11(14)15)7(2)18-19(12)3/h6H,4-5H2,1-3H3,(H3,14,15)(H,16,17,20). The maximum absolute atomic E-state index is 11.7. The summed E-state index contributed by atoms with van der Waals surface area (Å²) >= 11 is 1.26. The minimum Gasteiger partial charge on any atom is -0.384 e. The van der Waals surface area contributed by atoms with E-state index < -0.39 is 0 Å². The Morgan fingerprint density at radius 2 is 2.29 bits per heavy atom. The molecule has 0 aliphatic heterocycles. The summed E-state index contributed by atoms with van der Waals surface area (Å²) in [5, 5.41) is 13.1. The zero-order valence-corrected chi connectivity index (χ0v) is 13.0. The average Bonchev–Trinajstić information content (AvgIpc) is 2.63. The van der Waals surface area contributed by atoms with Gasteiger partial charge in [0.1, 0.15) is 10.9 Å². The second-order valence-electron chi connectivity index (χ2n) is 4.70. The SMILES string of the molecule is CCCc1cc(=O)[nH]c(Sc2c(C(=N)N)c(C)nn2C)n1. The Morgan fingerprint density at radius 1 is 1.57 bits per heavy atom. The highest BCUT2D eigenvalue weighted by atomic mass is 32.2. The molecule has 0 saturated heterocycles. The van der Waals surface area contributed by atoms with Gasteiger partial charge in [0.25, 0.3) is 5.56 Å². The number of amidine groups is 1. The van der Waals surface area contributed by atoms with Crippen molar-refractivity contribution in [3.8, 4) is 0 Å². The molecule has 0 aliphatic rings. The van der Waals surface area contributed by atoms with Crippen molar-refractivity contribution in [2.24, 2.45) is 12.8 Å². The van der Waals surface area contributed by atoms with Crippen LogP contribution in [0.25, 0.3) is 0 Å². The van der Waals surface area contributed by atoms with Gasteiger partial charge in [-0.25, -0.2) is 4.98 Å². The van der Waals surface area contributed by atoms with Gasteiger partial charge in [-0.15, -0.1) is 0 Å². The summed E-state index contributed by atoms with van der Waals surface area (Å²) in [6.45, 7) is 3.83. The van der Waals surface area contributed by atoms with Crippen LogP contribution in [-0.4, -0.2) is 25.6 Å². The maximum atomic E-state index is 11.7. The van der Waals surface area contributed by atoms with Gasteiger partial charge in [0.2, 0.25) is 0 Å². The number of nitrogen functional groups attached to an aromatic ring is 1. The van der Waals surface area contributed by atoms with Crippen LogP contribution in [0.3, 0.4) is 0 Å². The molecule has 0 atom stereocenters. The topological polar surface area (TPSA) is 113 Å². The van der Waals surface area contributed by atoms with Crippen molar-refractivity contribution in [1.29, 1.82) is 5.41 Å². The van der Waals surface area contributed by atoms with Gasteiger partial charge in [-0.1, -0.05) is 13.3 Å². The van der Waals surface area contributed by atoms with Gasteiger partial charge >= 0.3 is 0 Å². The van der Waals surface area contributed by atoms with Gasteiger partial charge in [-0.05, 0) is 25.1 Å². The summed E-state index contributed by atoms with van der Waals surface area (Å²) in [6.07, 6.45) is 1.67. The van der Waals surface area contributed by atoms with E-state index in [4.69, 9.17) is 11.1 Å². The lowest BCUT2D eigenvalue weighted by molar-refractivity contribution is 0.689. The highest BCUT2D eigenvalue weighted by Gasteiger charge is 2.18. The quantitative estimate of drug-likeness (QED) is 0.436. The summed E-state index contributed by atoms with van der Waals surface area (Å²) in [4.78, 5) is 18.8. The molecule has 2 aromatic heterocycles. The van der Waals surface area contributed by atoms with E-state index in [1.807, 2.05) is 6.92 Å². The summed E-state index contributed by atoms with van der Waals surface area (Å²) in [5.41, 5.74) is 7.44. The third-order valence-corrected chi connectivity index (χ3v) is 3.96. The van der Waals surface area contributed by atoms with E-state index >= 15 is 0 Å². The molecule has 0 amide bonds. The maximum Gasteiger partial charge on any atom is 0.251 e. The molecular weight excluding hydrogens is 288 g/mol. The molecule has 0 aromatic carbocycles.